The molecule has 0 bridgehead atoms. The van der Waals surface area contributed by atoms with Crippen LogP contribution < -0.4 is 15.4 Å². The average molecular weight is 455 g/mol. The number of nitriles is 1. The Bertz CT molecular complexity index is 1310. The van der Waals surface area contributed by atoms with E-state index in [-0.39, 0.29) is 17.0 Å². The normalized spacial score (nSPS) is 15.4. The van der Waals surface area contributed by atoms with Gasteiger partial charge in [-0.25, -0.2) is 9.18 Å². The van der Waals surface area contributed by atoms with E-state index in [4.69, 9.17) is 15.2 Å². The van der Waals surface area contributed by atoms with Gasteiger partial charge in [-0.05, 0) is 35.4 Å². The van der Waals surface area contributed by atoms with E-state index in [1.54, 1.807) is 24.3 Å². The Morgan fingerprint density at radius 1 is 1.09 bits per heavy atom. The predicted octanol–water partition coefficient (Wildman–Crippen LogP) is 4.76. The first-order chi connectivity index (χ1) is 16.5. The third kappa shape index (κ3) is 4.62. The summed E-state index contributed by atoms with van der Waals surface area (Å²) in [6.45, 7) is 0.379. The molecule has 34 heavy (non-hydrogen) atoms. The molecular formula is C27H22FN3O3. The van der Waals surface area contributed by atoms with E-state index in [9.17, 15) is 14.4 Å². The van der Waals surface area contributed by atoms with Crippen LogP contribution in [0.4, 0.5) is 10.1 Å². The highest BCUT2D eigenvalue weighted by atomic mass is 19.1. The van der Waals surface area contributed by atoms with E-state index in [0.717, 1.165) is 5.56 Å². The molecule has 6 nitrogen and oxygen atoms in total. The summed E-state index contributed by atoms with van der Waals surface area (Å²) in [5.74, 6) is -1.27. The van der Waals surface area contributed by atoms with Crippen LogP contribution in [0, 0.1) is 17.1 Å². The first-order valence-electron chi connectivity index (χ1n) is 10.5. The van der Waals surface area contributed by atoms with E-state index < -0.39 is 17.7 Å². The number of carbonyl (C=O) groups excluding carboxylic acids is 1. The van der Waals surface area contributed by atoms with Gasteiger partial charge in [0.1, 0.15) is 24.0 Å². The zero-order valence-corrected chi connectivity index (χ0v) is 18.4. The van der Waals surface area contributed by atoms with Gasteiger partial charge in [0.15, 0.2) is 0 Å². The molecular weight excluding hydrogens is 433 g/mol. The summed E-state index contributed by atoms with van der Waals surface area (Å²) in [5, 5.41) is 9.95. The predicted molar refractivity (Wildman–Crippen MR) is 126 cm³/mol. The molecule has 1 unspecified atom stereocenters. The quantitative estimate of drug-likeness (QED) is 0.539. The Morgan fingerprint density at radius 3 is 2.56 bits per heavy atom. The van der Waals surface area contributed by atoms with E-state index in [0.29, 0.717) is 23.6 Å². The molecule has 170 valence electrons. The lowest BCUT2D eigenvalue weighted by molar-refractivity contribution is -0.136. The number of allylic oxidation sites excluding steroid dienone is 1. The topological polar surface area (TPSA) is 88.6 Å². The number of nitrogens with zero attached hydrogens (tertiary/aromatic N) is 2. The second-order valence-corrected chi connectivity index (χ2v) is 7.62. The molecule has 0 saturated carbocycles. The fourth-order valence-corrected chi connectivity index (χ4v) is 3.84. The van der Waals surface area contributed by atoms with Crippen molar-refractivity contribution in [3.05, 3.63) is 119 Å². The van der Waals surface area contributed by atoms with Crippen molar-refractivity contribution >= 4 is 11.7 Å². The number of rotatable bonds is 6. The van der Waals surface area contributed by atoms with Crippen LogP contribution in [-0.4, -0.2) is 13.1 Å². The molecule has 3 aromatic rings. The zero-order valence-electron chi connectivity index (χ0n) is 18.4. The molecule has 0 aliphatic carbocycles. The number of benzene rings is 3. The highest BCUT2D eigenvalue weighted by Gasteiger charge is 2.35. The monoisotopic (exact) mass is 455 g/mol. The Morgan fingerprint density at radius 2 is 1.85 bits per heavy atom. The Labute approximate surface area is 196 Å². The summed E-state index contributed by atoms with van der Waals surface area (Å²) >= 11 is 0. The van der Waals surface area contributed by atoms with Crippen LogP contribution in [0.25, 0.3) is 0 Å². The van der Waals surface area contributed by atoms with E-state index in [2.05, 4.69) is 6.07 Å². The third-order valence-corrected chi connectivity index (χ3v) is 5.47. The number of halogens is 1. The van der Waals surface area contributed by atoms with Crippen LogP contribution in [0.1, 0.15) is 17.0 Å². The lowest BCUT2D eigenvalue weighted by atomic mass is 9.83. The average Bonchev–Trinajstić information content (AvgIpc) is 2.87. The highest BCUT2D eigenvalue weighted by Crippen LogP contribution is 2.40. The second kappa shape index (κ2) is 9.92. The molecule has 1 aliphatic heterocycles. The van der Waals surface area contributed by atoms with Crippen molar-refractivity contribution in [1.29, 1.82) is 5.26 Å². The Balaban J connectivity index is 1.72. The summed E-state index contributed by atoms with van der Waals surface area (Å²) in [6.07, 6.45) is 1.52. The zero-order chi connectivity index (χ0) is 24.1. The fraction of sp³-hybridized carbons (Fsp3) is 0.111. The van der Waals surface area contributed by atoms with Gasteiger partial charge >= 0.3 is 5.97 Å². The number of carbonyl (C=O) groups is 1. The highest BCUT2D eigenvalue weighted by molar-refractivity contribution is 5.93. The summed E-state index contributed by atoms with van der Waals surface area (Å²) < 4.78 is 24.8. The maximum absolute atomic E-state index is 14.0. The van der Waals surface area contributed by atoms with Gasteiger partial charge in [0.25, 0.3) is 0 Å². The van der Waals surface area contributed by atoms with Gasteiger partial charge in [-0.3, -0.25) is 0 Å². The summed E-state index contributed by atoms with van der Waals surface area (Å²) in [4.78, 5) is 14.2. The smallest absolute Gasteiger partial charge is 0.336 e. The van der Waals surface area contributed by atoms with Gasteiger partial charge in [-0.1, -0.05) is 48.5 Å². The number of ether oxygens (including phenoxy) is 2. The minimum Gasteiger partial charge on any atom is -0.489 e. The first kappa shape index (κ1) is 22.6. The van der Waals surface area contributed by atoms with Crippen LogP contribution in [0.15, 0.2) is 102 Å². The van der Waals surface area contributed by atoms with Gasteiger partial charge < -0.3 is 20.1 Å². The molecule has 2 N–H and O–H groups in total. The van der Waals surface area contributed by atoms with E-state index in [1.807, 2.05) is 36.4 Å². The molecule has 0 spiro atoms. The standard InChI is InChI=1S/C27H22FN3O3/c1-33-27(32)24-16-31(26(30)23(15-29)25(24)19-9-5-10-20(28)13-19)21-11-6-12-22(14-21)34-17-18-7-3-2-4-8-18/h2-14,16,25H,17,30H2,1H3. The molecule has 0 fully saturated rings. The van der Waals surface area contributed by atoms with Crippen LogP contribution >= 0.6 is 0 Å². The number of esters is 1. The number of nitrogens with two attached hydrogens (primary N) is 1. The molecule has 0 aromatic heterocycles. The minimum absolute atomic E-state index is 0.115. The summed E-state index contributed by atoms with van der Waals surface area (Å²) in [6, 6.07) is 24.7. The van der Waals surface area contributed by atoms with Crippen LogP contribution in [0.5, 0.6) is 5.75 Å². The molecule has 0 radical (unpaired) electrons. The number of hydrogen-bond donors (Lipinski definition) is 1. The lowest BCUT2D eigenvalue weighted by Gasteiger charge is -2.32. The molecule has 0 amide bonds. The van der Waals surface area contributed by atoms with Crippen molar-refractivity contribution in [2.75, 3.05) is 12.0 Å². The van der Waals surface area contributed by atoms with E-state index in [1.165, 1.54) is 36.4 Å². The van der Waals surface area contributed by atoms with Gasteiger partial charge in [0.05, 0.1) is 35.9 Å². The molecule has 1 atom stereocenters. The maximum Gasteiger partial charge on any atom is 0.336 e. The maximum atomic E-state index is 14.0. The van der Waals surface area contributed by atoms with Crippen LogP contribution in [0.3, 0.4) is 0 Å². The Hall–Kier alpha value is -4.57. The molecule has 0 saturated heterocycles. The number of methoxy groups -OCH3 is 1. The number of hydrogen-bond acceptors (Lipinski definition) is 6. The van der Waals surface area contributed by atoms with Gasteiger partial charge in [0.2, 0.25) is 0 Å². The van der Waals surface area contributed by atoms with Crippen molar-refractivity contribution in [1.82, 2.24) is 0 Å². The first-order valence-corrected chi connectivity index (χ1v) is 10.5. The number of anilines is 1. The van der Waals surface area contributed by atoms with Crippen molar-refractivity contribution in [2.24, 2.45) is 5.73 Å². The second-order valence-electron chi connectivity index (χ2n) is 7.62. The molecule has 1 aliphatic rings. The lowest BCUT2D eigenvalue weighted by Crippen LogP contribution is -2.33. The van der Waals surface area contributed by atoms with Crippen molar-refractivity contribution in [3.8, 4) is 11.8 Å². The summed E-state index contributed by atoms with van der Waals surface area (Å²) in [7, 11) is 1.25. The Kier molecular flexibility index (Phi) is 6.60. The van der Waals surface area contributed by atoms with Gasteiger partial charge in [-0.2, -0.15) is 5.26 Å². The fourth-order valence-electron chi connectivity index (χ4n) is 3.84. The molecule has 3 aromatic carbocycles. The van der Waals surface area contributed by atoms with Gasteiger partial charge in [-0.15, -0.1) is 0 Å². The molecule has 4 rings (SSSR count). The largest absolute Gasteiger partial charge is 0.489 e. The third-order valence-electron chi connectivity index (χ3n) is 5.47. The summed E-state index contributed by atoms with van der Waals surface area (Å²) in [5.41, 5.74) is 8.71. The molecule has 1 heterocycles. The van der Waals surface area contributed by atoms with Crippen LogP contribution in [0.2, 0.25) is 0 Å². The van der Waals surface area contributed by atoms with Crippen molar-refractivity contribution in [3.63, 3.8) is 0 Å². The van der Waals surface area contributed by atoms with E-state index >= 15 is 0 Å². The SMILES string of the molecule is COC(=O)C1=CN(c2cccc(OCc3ccccc3)c2)C(N)=C(C#N)C1c1cccc(F)c1. The van der Waals surface area contributed by atoms with Gasteiger partial charge in [0, 0.05) is 12.3 Å². The van der Waals surface area contributed by atoms with Crippen molar-refractivity contribution < 1.29 is 18.7 Å². The van der Waals surface area contributed by atoms with Crippen LogP contribution in [-0.2, 0) is 16.1 Å². The minimum atomic E-state index is -0.859. The van der Waals surface area contributed by atoms with Crippen molar-refractivity contribution in [2.45, 2.75) is 12.5 Å². The molecule has 7 heteroatoms.